The van der Waals surface area contributed by atoms with E-state index in [4.69, 9.17) is 5.73 Å². The molecule has 1 rings (SSSR count). The zero-order chi connectivity index (χ0) is 15.5. The highest BCUT2D eigenvalue weighted by Gasteiger charge is 2.24. The van der Waals surface area contributed by atoms with Gasteiger partial charge in [0, 0.05) is 18.8 Å². The Kier molecular flexibility index (Phi) is 5.13. The predicted molar refractivity (Wildman–Crippen MR) is 78.7 cm³/mol. The van der Waals surface area contributed by atoms with Crippen LogP contribution in [0.1, 0.15) is 19.4 Å². The lowest BCUT2D eigenvalue weighted by atomic mass is 10.2. The van der Waals surface area contributed by atoms with Crippen molar-refractivity contribution in [3.8, 4) is 0 Å². The standard InChI is InChI=1S/C13H21N3O3S/c1-9(2)15-13(17)8-16(4)20(18,19)12-6-5-11(14)7-10(12)3/h5-7,9H,8,14H2,1-4H3,(H,15,17). The third kappa shape index (κ3) is 3.94. The van der Waals surface area contributed by atoms with Gasteiger partial charge in [-0.1, -0.05) is 0 Å². The van der Waals surface area contributed by atoms with E-state index in [0.717, 1.165) is 4.31 Å². The number of nitrogens with two attached hydrogens (primary N) is 1. The number of hydrogen-bond acceptors (Lipinski definition) is 4. The van der Waals surface area contributed by atoms with Crippen LogP contribution >= 0.6 is 0 Å². The lowest BCUT2D eigenvalue weighted by molar-refractivity contribution is -0.121. The second-order valence-electron chi connectivity index (χ2n) is 5.01. The van der Waals surface area contributed by atoms with Crippen molar-refractivity contribution in [1.29, 1.82) is 0 Å². The highest BCUT2D eigenvalue weighted by atomic mass is 32.2. The molecule has 3 N–H and O–H groups in total. The summed E-state index contributed by atoms with van der Waals surface area (Å²) in [7, 11) is -2.32. The fourth-order valence-corrected chi connectivity index (χ4v) is 3.11. The second kappa shape index (κ2) is 6.23. The van der Waals surface area contributed by atoms with Gasteiger partial charge in [-0.15, -0.1) is 0 Å². The fourth-order valence-electron chi connectivity index (χ4n) is 1.78. The number of carbonyl (C=O) groups excluding carboxylic acids is 1. The summed E-state index contributed by atoms with van der Waals surface area (Å²) in [6.07, 6.45) is 0. The predicted octanol–water partition coefficient (Wildman–Crippen LogP) is 0.722. The third-order valence-corrected chi connectivity index (χ3v) is 4.67. The lowest BCUT2D eigenvalue weighted by Gasteiger charge is -2.19. The van der Waals surface area contributed by atoms with E-state index in [2.05, 4.69) is 5.32 Å². The van der Waals surface area contributed by atoms with Gasteiger partial charge in [-0.3, -0.25) is 4.79 Å². The van der Waals surface area contributed by atoms with Crippen LogP contribution in [-0.4, -0.2) is 38.3 Å². The first kappa shape index (κ1) is 16.5. The first-order valence-electron chi connectivity index (χ1n) is 6.26. The molecule has 0 heterocycles. The molecule has 0 atom stereocenters. The fraction of sp³-hybridized carbons (Fsp3) is 0.462. The third-order valence-electron chi connectivity index (χ3n) is 2.70. The zero-order valence-electron chi connectivity index (χ0n) is 12.2. The van der Waals surface area contributed by atoms with E-state index in [1.54, 1.807) is 13.0 Å². The number of nitrogens with one attached hydrogen (secondary N) is 1. The van der Waals surface area contributed by atoms with Crippen molar-refractivity contribution in [2.24, 2.45) is 0 Å². The number of benzene rings is 1. The number of rotatable bonds is 5. The van der Waals surface area contributed by atoms with Gasteiger partial charge in [0.25, 0.3) is 0 Å². The maximum Gasteiger partial charge on any atom is 0.243 e. The van der Waals surface area contributed by atoms with E-state index in [9.17, 15) is 13.2 Å². The van der Waals surface area contributed by atoms with Gasteiger partial charge in [-0.25, -0.2) is 8.42 Å². The van der Waals surface area contributed by atoms with Crippen LogP contribution in [-0.2, 0) is 14.8 Å². The molecule has 112 valence electrons. The largest absolute Gasteiger partial charge is 0.399 e. The number of sulfonamides is 1. The monoisotopic (exact) mass is 299 g/mol. The Labute approximate surface area is 120 Å². The number of amides is 1. The van der Waals surface area contributed by atoms with Gasteiger partial charge in [0.15, 0.2) is 0 Å². The summed E-state index contributed by atoms with van der Waals surface area (Å²) in [5.41, 5.74) is 6.67. The Hall–Kier alpha value is -1.60. The number of aryl methyl sites for hydroxylation is 1. The van der Waals surface area contributed by atoms with Gasteiger partial charge >= 0.3 is 0 Å². The van der Waals surface area contributed by atoms with E-state index < -0.39 is 10.0 Å². The summed E-state index contributed by atoms with van der Waals surface area (Å²) in [4.78, 5) is 11.8. The molecule has 1 aromatic rings. The minimum atomic E-state index is -3.70. The zero-order valence-corrected chi connectivity index (χ0v) is 13.0. The molecule has 0 aliphatic carbocycles. The summed E-state index contributed by atoms with van der Waals surface area (Å²) in [5.74, 6) is -0.334. The van der Waals surface area contributed by atoms with Crippen LogP contribution in [0.4, 0.5) is 5.69 Å². The molecular formula is C13H21N3O3S. The number of nitrogen functional groups attached to an aromatic ring is 1. The van der Waals surface area contributed by atoms with E-state index >= 15 is 0 Å². The summed E-state index contributed by atoms with van der Waals surface area (Å²) >= 11 is 0. The molecule has 0 bridgehead atoms. The van der Waals surface area contributed by atoms with Crippen LogP contribution < -0.4 is 11.1 Å². The Bertz CT molecular complexity index is 597. The number of anilines is 1. The van der Waals surface area contributed by atoms with Crippen LogP contribution in [0.5, 0.6) is 0 Å². The van der Waals surface area contributed by atoms with Gasteiger partial charge in [-0.05, 0) is 44.5 Å². The molecule has 0 aliphatic heterocycles. The van der Waals surface area contributed by atoms with Crippen molar-refractivity contribution in [2.75, 3.05) is 19.3 Å². The number of carbonyl (C=O) groups is 1. The Balaban J connectivity index is 2.95. The smallest absolute Gasteiger partial charge is 0.243 e. The molecule has 0 saturated carbocycles. The summed E-state index contributed by atoms with van der Waals surface area (Å²) in [6, 6.07) is 4.55. The lowest BCUT2D eigenvalue weighted by Crippen LogP contribution is -2.40. The Morgan fingerprint density at radius 1 is 1.40 bits per heavy atom. The van der Waals surface area contributed by atoms with E-state index in [-0.39, 0.29) is 23.4 Å². The molecule has 20 heavy (non-hydrogen) atoms. The van der Waals surface area contributed by atoms with Gasteiger partial charge in [-0.2, -0.15) is 4.31 Å². The molecule has 1 aromatic carbocycles. The maximum atomic E-state index is 12.4. The Morgan fingerprint density at radius 3 is 2.50 bits per heavy atom. The molecule has 0 fully saturated rings. The molecule has 7 heteroatoms. The van der Waals surface area contributed by atoms with Crippen molar-refractivity contribution >= 4 is 21.6 Å². The first-order chi connectivity index (χ1) is 9.14. The van der Waals surface area contributed by atoms with E-state index in [0.29, 0.717) is 11.3 Å². The summed E-state index contributed by atoms with van der Waals surface area (Å²) in [5, 5.41) is 2.66. The number of hydrogen-bond donors (Lipinski definition) is 2. The normalized spacial score (nSPS) is 11.9. The Morgan fingerprint density at radius 2 is 2.00 bits per heavy atom. The average molecular weight is 299 g/mol. The molecule has 0 radical (unpaired) electrons. The van der Waals surface area contributed by atoms with Crippen LogP contribution in [0.15, 0.2) is 23.1 Å². The maximum absolute atomic E-state index is 12.4. The average Bonchev–Trinajstić information content (AvgIpc) is 2.26. The topological polar surface area (TPSA) is 92.5 Å². The van der Waals surface area contributed by atoms with Crippen LogP contribution in [0.2, 0.25) is 0 Å². The SMILES string of the molecule is Cc1cc(N)ccc1S(=O)(=O)N(C)CC(=O)NC(C)C. The molecule has 0 spiro atoms. The quantitative estimate of drug-likeness (QED) is 0.784. The van der Waals surface area contributed by atoms with Gasteiger partial charge in [0.1, 0.15) is 0 Å². The molecule has 0 aliphatic rings. The molecule has 0 aromatic heterocycles. The minimum Gasteiger partial charge on any atom is -0.399 e. The van der Waals surface area contributed by atoms with Crippen LogP contribution in [0.3, 0.4) is 0 Å². The van der Waals surface area contributed by atoms with E-state index in [1.807, 2.05) is 13.8 Å². The highest BCUT2D eigenvalue weighted by molar-refractivity contribution is 7.89. The summed E-state index contributed by atoms with van der Waals surface area (Å²) < 4.78 is 25.8. The van der Waals surface area contributed by atoms with Gasteiger partial charge in [0.2, 0.25) is 15.9 Å². The van der Waals surface area contributed by atoms with Crippen molar-refractivity contribution in [3.63, 3.8) is 0 Å². The van der Waals surface area contributed by atoms with Crippen molar-refractivity contribution in [1.82, 2.24) is 9.62 Å². The van der Waals surface area contributed by atoms with Gasteiger partial charge in [0.05, 0.1) is 11.4 Å². The van der Waals surface area contributed by atoms with E-state index in [1.165, 1.54) is 19.2 Å². The van der Waals surface area contributed by atoms with Crippen LogP contribution in [0.25, 0.3) is 0 Å². The number of likely N-dealkylation sites (N-methyl/N-ethyl adjacent to an activating group) is 1. The van der Waals surface area contributed by atoms with Crippen molar-refractivity contribution < 1.29 is 13.2 Å². The molecule has 6 nitrogen and oxygen atoms in total. The first-order valence-corrected chi connectivity index (χ1v) is 7.70. The molecule has 0 saturated heterocycles. The molecule has 1 amide bonds. The number of nitrogens with zero attached hydrogens (tertiary/aromatic N) is 1. The molecule has 0 unspecified atom stereocenters. The second-order valence-corrected chi connectivity index (χ2v) is 7.02. The van der Waals surface area contributed by atoms with Crippen molar-refractivity contribution in [2.45, 2.75) is 31.7 Å². The van der Waals surface area contributed by atoms with Crippen LogP contribution in [0, 0.1) is 6.92 Å². The highest BCUT2D eigenvalue weighted by Crippen LogP contribution is 2.20. The van der Waals surface area contributed by atoms with Gasteiger partial charge < -0.3 is 11.1 Å². The van der Waals surface area contributed by atoms with Crippen molar-refractivity contribution in [3.05, 3.63) is 23.8 Å². The minimum absolute atomic E-state index is 0.0307. The summed E-state index contributed by atoms with van der Waals surface area (Å²) in [6.45, 7) is 5.09. The molecular weight excluding hydrogens is 278 g/mol.